The molecular weight excluding hydrogens is 541 g/mol. The lowest BCUT2D eigenvalue weighted by atomic mass is 10.1. The predicted molar refractivity (Wildman–Crippen MR) is 155 cm³/mol. The maximum absolute atomic E-state index is 14.4. The zero-order valence-corrected chi connectivity index (χ0v) is 22.9. The van der Waals surface area contributed by atoms with Crippen LogP contribution in [0.4, 0.5) is 10.1 Å². The topological polar surface area (TPSA) is 74.1 Å². The van der Waals surface area contributed by atoms with Gasteiger partial charge >= 0.3 is 0 Å². The summed E-state index contributed by atoms with van der Waals surface area (Å²) >= 11 is 1.38. The monoisotopic (exact) mass is 567 g/mol. The number of fused-ring (bicyclic) bond motifs is 1. The van der Waals surface area contributed by atoms with Gasteiger partial charge in [0.1, 0.15) is 5.82 Å². The number of halogens is 1. The van der Waals surface area contributed by atoms with Crippen molar-refractivity contribution in [3.63, 3.8) is 0 Å². The summed E-state index contributed by atoms with van der Waals surface area (Å²) in [6, 6.07) is 24.5. The zero-order valence-electron chi connectivity index (χ0n) is 22.0. The number of carbonyl (C=O) groups excluding carboxylic acids is 3. The molecule has 2 aliphatic rings. The molecule has 0 atom stereocenters. The molecule has 0 radical (unpaired) electrons. The van der Waals surface area contributed by atoms with Crippen molar-refractivity contribution >= 4 is 41.2 Å². The molecular formula is C32H26FN3O4S. The lowest BCUT2D eigenvalue weighted by Crippen LogP contribution is -2.50. The molecule has 1 saturated heterocycles. The van der Waals surface area contributed by atoms with Crippen molar-refractivity contribution in [2.75, 3.05) is 31.1 Å². The molecule has 6 rings (SSSR count). The summed E-state index contributed by atoms with van der Waals surface area (Å²) in [5.41, 5.74) is 2.49. The van der Waals surface area contributed by atoms with E-state index in [2.05, 4.69) is 0 Å². The van der Waals surface area contributed by atoms with E-state index >= 15 is 0 Å². The minimum Gasteiger partial charge on any atom is -0.459 e. The molecule has 4 aromatic rings. The number of hydrogen-bond donors (Lipinski definition) is 0. The lowest BCUT2D eigenvalue weighted by Gasteiger charge is -2.34. The van der Waals surface area contributed by atoms with Crippen molar-refractivity contribution in [2.24, 2.45) is 0 Å². The van der Waals surface area contributed by atoms with Crippen molar-refractivity contribution in [1.29, 1.82) is 0 Å². The van der Waals surface area contributed by atoms with Crippen LogP contribution in [0.3, 0.4) is 0 Å². The molecule has 3 heterocycles. The summed E-state index contributed by atoms with van der Waals surface area (Å²) in [5, 5.41) is 0. The van der Waals surface area contributed by atoms with Crippen molar-refractivity contribution in [1.82, 2.24) is 9.80 Å². The Morgan fingerprint density at radius 1 is 0.829 bits per heavy atom. The molecule has 1 fully saturated rings. The largest absolute Gasteiger partial charge is 0.459 e. The lowest BCUT2D eigenvalue weighted by molar-refractivity contribution is -0.114. The number of hydrogen-bond acceptors (Lipinski definition) is 5. The van der Waals surface area contributed by atoms with Gasteiger partial charge in [0.15, 0.2) is 5.76 Å². The van der Waals surface area contributed by atoms with Gasteiger partial charge in [-0.3, -0.25) is 14.4 Å². The minimum atomic E-state index is -0.354. The second-order valence-electron chi connectivity index (χ2n) is 9.74. The molecule has 3 aromatic carbocycles. The number of para-hydroxylation sites is 1. The third kappa shape index (κ3) is 5.53. The molecule has 1 aromatic heterocycles. The van der Waals surface area contributed by atoms with Crippen LogP contribution in [0.25, 0.3) is 6.08 Å². The molecule has 0 unspecified atom stereocenters. The Labute approximate surface area is 240 Å². The molecule has 0 bridgehead atoms. The van der Waals surface area contributed by atoms with Gasteiger partial charge in [-0.15, -0.1) is 0 Å². The van der Waals surface area contributed by atoms with Gasteiger partial charge in [-0.2, -0.15) is 0 Å². The predicted octanol–water partition coefficient (Wildman–Crippen LogP) is 5.70. The Balaban J connectivity index is 1.15. The smallest absolute Gasteiger partial charge is 0.289 e. The molecule has 0 saturated carbocycles. The van der Waals surface area contributed by atoms with Crippen LogP contribution in [-0.2, 0) is 11.3 Å². The van der Waals surface area contributed by atoms with Gasteiger partial charge in [0, 0.05) is 42.2 Å². The molecule has 2 aliphatic heterocycles. The molecule has 7 nitrogen and oxygen atoms in total. The first-order chi connectivity index (χ1) is 20.0. The van der Waals surface area contributed by atoms with E-state index in [9.17, 15) is 18.8 Å². The summed E-state index contributed by atoms with van der Waals surface area (Å²) in [4.78, 5) is 45.6. The molecule has 206 valence electrons. The van der Waals surface area contributed by atoms with Crippen LogP contribution in [-0.4, -0.2) is 53.7 Å². The van der Waals surface area contributed by atoms with Gasteiger partial charge in [-0.1, -0.05) is 54.2 Å². The average Bonchev–Trinajstić information content (AvgIpc) is 3.55. The van der Waals surface area contributed by atoms with Gasteiger partial charge in [-0.05, 0) is 54.1 Å². The van der Waals surface area contributed by atoms with E-state index in [1.165, 1.54) is 24.1 Å². The van der Waals surface area contributed by atoms with Gasteiger partial charge in [0.25, 0.3) is 17.7 Å². The summed E-state index contributed by atoms with van der Waals surface area (Å²) in [5.74, 6) is -0.554. The molecule has 3 amide bonds. The maximum atomic E-state index is 14.4. The molecule has 41 heavy (non-hydrogen) atoms. The number of nitrogens with zero attached hydrogens (tertiary/aromatic N) is 3. The highest BCUT2D eigenvalue weighted by Crippen LogP contribution is 2.42. The number of amides is 3. The zero-order chi connectivity index (χ0) is 28.3. The third-order valence-corrected chi connectivity index (χ3v) is 8.24. The summed E-state index contributed by atoms with van der Waals surface area (Å²) in [6.07, 6.45) is 3.26. The number of thioether (sulfide) groups is 1. The van der Waals surface area contributed by atoms with Crippen molar-refractivity contribution in [3.05, 3.63) is 124 Å². The Hall–Kier alpha value is -4.63. The molecule has 0 spiro atoms. The molecule has 0 N–H and O–H groups in total. The first kappa shape index (κ1) is 26.6. The van der Waals surface area contributed by atoms with Crippen molar-refractivity contribution < 1.29 is 23.2 Å². The number of anilines is 1. The summed E-state index contributed by atoms with van der Waals surface area (Å²) in [6.45, 7) is 1.84. The highest BCUT2D eigenvalue weighted by Gasteiger charge is 2.30. The Kier molecular flexibility index (Phi) is 7.43. The van der Waals surface area contributed by atoms with E-state index in [1.54, 1.807) is 63.2 Å². The van der Waals surface area contributed by atoms with Crippen molar-refractivity contribution in [3.8, 4) is 0 Å². The van der Waals surface area contributed by atoms with E-state index in [1.807, 2.05) is 36.4 Å². The molecule has 0 aliphatic carbocycles. The van der Waals surface area contributed by atoms with E-state index < -0.39 is 0 Å². The van der Waals surface area contributed by atoms with Crippen LogP contribution in [0, 0.1) is 5.82 Å². The highest BCUT2D eigenvalue weighted by atomic mass is 32.2. The Bertz CT molecular complexity index is 1630. The van der Waals surface area contributed by atoms with E-state index in [-0.39, 0.29) is 30.1 Å². The second kappa shape index (κ2) is 11.5. The van der Waals surface area contributed by atoms with Crippen LogP contribution >= 0.6 is 11.8 Å². The Morgan fingerprint density at radius 2 is 1.51 bits per heavy atom. The number of carbonyl (C=O) groups is 3. The fourth-order valence-electron chi connectivity index (χ4n) is 4.94. The normalized spacial score (nSPS) is 16.2. The highest BCUT2D eigenvalue weighted by molar-refractivity contribution is 8.04. The first-order valence-electron chi connectivity index (χ1n) is 13.2. The molecule has 9 heteroatoms. The third-order valence-electron chi connectivity index (χ3n) is 7.16. The van der Waals surface area contributed by atoms with Crippen LogP contribution < -0.4 is 4.90 Å². The summed E-state index contributed by atoms with van der Waals surface area (Å²) < 4.78 is 19.6. The van der Waals surface area contributed by atoms with Gasteiger partial charge < -0.3 is 19.1 Å². The fraction of sp³-hybridized carbons (Fsp3) is 0.156. The summed E-state index contributed by atoms with van der Waals surface area (Å²) in [7, 11) is 0. The second-order valence-corrected chi connectivity index (χ2v) is 10.8. The number of piperazine rings is 1. The number of furan rings is 1. The van der Waals surface area contributed by atoms with Crippen LogP contribution in [0.15, 0.2) is 105 Å². The number of benzene rings is 3. The van der Waals surface area contributed by atoms with Crippen LogP contribution in [0.5, 0.6) is 0 Å². The Morgan fingerprint density at radius 3 is 2.22 bits per heavy atom. The van der Waals surface area contributed by atoms with Gasteiger partial charge in [-0.25, -0.2) is 4.39 Å². The first-order valence-corrected chi connectivity index (χ1v) is 14.1. The fourth-order valence-corrected chi connectivity index (χ4v) is 6.00. The average molecular weight is 568 g/mol. The maximum Gasteiger partial charge on any atom is 0.289 e. The minimum absolute atomic E-state index is 0.109. The van der Waals surface area contributed by atoms with Crippen LogP contribution in [0.2, 0.25) is 0 Å². The number of rotatable bonds is 5. The van der Waals surface area contributed by atoms with E-state index in [0.29, 0.717) is 48.0 Å². The van der Waals surface area contributed by atoms with Crippen LogP contribution in [0.1, 0.15) is 32.0 Å². The van der Waals surface area contributed by atoms with Gasteiger partial charge in [0.2, 0.25) is 0 Å². The van der Waals surface area contributed by atoms with Gasteiger partial charge in [0.05, 0.1) is 23.4 Å². The quantitative estimate of drug-likeness (QED) is 0.290. The van der Waals surface area contributed by atoms with E-state index in [0.717, 1.165) is 16.1 Å². The van der Waals surface area contributed by atoms with Crippen molar-refractivity contribution in [2.45, 2.75) is 11.4 Å². The standard InChI is InChI=1S/C32H26FN3O4S/c33-25-7-2-1-6-24(25)21-36-26-8-3-4-10-28(26)41-29(32(36)39)20-22-11-13-23(14-12-22)30(37)34-15-17-35(18-16-34)31(38)27-9-5-19-40-27/h1-14,19-20H,15-18,21H2/b29-20-. The van der Waals surface area contributed by atoms with E-state index in [4.69, 9.17) is 4.42 Å². The SMILES string of the molecule is O=C(c1ccc(/C=C2\Sc3ccccc3N(Cc3ccccc3F)C2=O)cc1)N1CCN(C(=O)c2ccco2)CC1.